The molecule has 0 unspecified atom stereocenters. The molecular formula is C15H20OS. The third-order valence-electron chi connectivity index (χ3n) is 3.43. The number of benzene rings is 1. The van der Waals surface area contributed by atoms with Crippen molar-refractivity contribution in [3.05, 3.63) is 34.9 Å². The zero-order chi connectivity index (χ0) is 12.3. The monoisotopic (exact) mass is 248 g/mol. The van der Waals surface area contributed by atoms with Crippen molar-refractivity contribution in [2.45, 2.75) is 44.8 Å². The van der Waals surface area contributed by atoms with Gasteiger partial charge in [-0.3, -0.25) is 4.79 Å². The number of hydrogen-bond acceptors (Lipinski definition) is 2. The fraction of sp³-hybridized carbons (Fsp3) is 0.533. The van der Waals surface area contributed by atoms with E-state index in [1.54, 1.807) is 0 Å². The lowest BCUT2D eigenvalue weighted by atomic mass is 10.0. The topological polar surface area (TPSA) is 17.1 Å². The van der Waals surface area contributed by atoms with E-state index in [1.165, 1.54) is 31.2 Å². The molecule has 2 heteroatoms. The predicted octanol–water partition coefficient (Wildman–Crippen LogP) is 4.16. The van der Waals surface area contributed by atoms with E-state index in [0.29, 0.717) is 11.5 Å². The third-order valence-corrected chi connectivity index (χ3v) is 4.81. The van der Waals surface area contributed by atoms with Crippen molar-refractivity contribution in [2.75, 3.05) is 5.75 Å². The summed E-state index contributed by atoms with van der Waals surface area (Å²) in [6.45, 7) is 4.09. The van der Waals surface area contributed by atoms with Crippen molar-refractivity contribution < 1.29 is 4.79 Å². The highest BCUT2D eigenvalue weighted by Gasteiger charge is 2.17. The van der Waals surface area contributed by atoms with Crippen molar-refractivity contribution in [1.82, 2.24) is 0 Å². The molecule has 0 radical (unpaired) electrons. The summed E-state index contributed by atoms with van der Waals surface area (Å²) in [6.07, 6.45) is 5.28. The molecule has 0 aliphatic heterocycles. The Morgan fingerprint density at radius 2 is 2.00 bits per heavy atom. The Balaban J connectivity index is 1.94. The molecule has 1 aromatic rings. The minimum absolute atomic E-state index is 0.291. The molecule has 0 bridgehead atoms. The molecule has 0 spiro atoms. The van der Waals surface area contributed by atoms with Crippen LogP contribution in [0.4, 0.5) is 0 Å². The van der Waals surface area contributed by atoms with Gasteiger partial charge >= 0.3 is 0 Å². The Morgan fingerprint density at radius 3 is 2.65 bits per heavy atom. The van der Waals surface area contributed by atoms with E-state index < -0.39 is 0 Å². The highest BCUT2D eigenvalue weighted by Crippen LogP contribution is 2.29. The lowest BCUT2D eigenvalue weighted by molar-refractivity contribution is 0.102. The molecule has 1 nitrogen and oxygen atoms in total. The highest BCUT2D eigenvalue weighted by atomic mass is 32.2. The van der Waals surface area contributed by atoms with Crippen LogP contribution in [0.5, 0.6) is 0 Å². The summed E-state index contributed by atoms with van der Waals surface area (Å²) < 4.78 is 0. The van der Waals surface area contributed by atoms with Crippen LogP contribution >= 0.6 is 11.8 Å². The summed E-state index contributed by atoms with van der Waals surface area (Å²) in [5.74, 6) is 0.938. The predicted molar refractivity (Wildman–Crippen MR) is 75.0 cm³/mol. The van der Waals surface area contributed by atoms with E-state index in [4.69, 9.17) is 0 Å². The number of carbonyl (C=O) groups is 1. The highest BCUT2D eigenvalue weighted by molar-refractivity contribution is 8.00. The van der Waals surface area contributed by atoms with Gasteiger partial charge in [0, 0.05) is 10.8 Å². The Labute approximate surface area is 108 Å². The number of rotatable bonds is 4. The zero-order valence-corrected chi connectivity index (χ0v) is 11.5. The van der Waals surface area contributed by atoms with Crippen LogP contribution in [-0.2, 0) is 0 Å². The van der Waals surface area contributed by atoms with E-state index in [0.717, 1.165) is 16.4 Å². The molecule has 1 fully saturated rings. The second-order valence-electron chi connectivity index (χ2n) is 4.96. The molecule has 1 aromatic carbocycles. The first kappa shape index (κ1) is 12.7. The second kappa shape index (κ2) is 5.72. The first-order valence-corrected chi connectivity index (χ1v) is 7.44. The first-order valence-electron chi connectivity index (χ1n) is 6.39. The number of thioether (sulfide) groups is 1. The molecule has 1 aliphatic carbocycles. The normalized spacial score (nSPS) is 16.4. The molecule has 0 N–H and O–H groups in total. The maximum Gasteiger partial charge on any atom is 0.172 e. The van der Waals surface area contributed by atoms with Gasteiger partial charge < -0.3 is 0 Å². The van der Waals surface area contributed by atoms with E-state index in [2.05, 4.69) is 13.0 Å². The van der Waals surface area contributed by atoms with Crippen LogP contribution < -0.4 is 0 Å². The van der Waals surface area contributed by atoms with Crippen LogP contribution in [0.25, 0.3) is 0 Å². The maximum atomic E-state index is 12.1. The standard InChI is InChI=1S/C15H20OS/c1-11-7-8-14(12(2)9-11)15(16)10-17-13-5-3-4-6-13/h7-9,13H,3-6,10H2,1-2H3. The summed E-state index contributed by atoms with van der Waals surface area (Å²) in [5, 5.41) is 0.727. The number of ketones is 1. The van der Waals surface area contributed by atoms with Crippen molar-refractivity contribution in [3.8, 4) is 0 Å². The lowest BCUT2D eigenvalue weighted by Gasteiger charge is -2.09. The lowest BCUT2D eigenvalue weighted by Crippen LogP contribution is -2.08. The summed E-state index contributed by atoms with van der Waals surface area (Å²) in [4.78, 5) is 12.1. The Hall–Kier alpha value is -0.760. The number of hydrogen-bond donors (Lipinski definition) is 0. The van der Waals surface area contributed by atoms with Crippen molar-refractivity contribution in [1.29, 1.82) is 0 Å². The van der Waals surface area contributed by atoms with Crippen LogP contribution in [0.1, 0.15) is 47.2 Å². The summed E-state index contributed by atoms with van der Waals surface area (Å²) in [6, 6.07) is 6.09. The van der Waals surface area contributed by atoms with E-state index in [1.807, 2.05) is 30.8 Å². The van der Waals surface area contributed by atoms with Gasteiger partial charge in [0.15, 0.2) is 5.78 Å². The van der Waals surface area contributed by atoms with Gasteiger partial charge in [-0.1, -0.05) is 36.6 Å². The zero-order valence-electron chi connectivity index (χ0n) is 10.7. The van der Waals surface area contributed by atoms with Crippen LogP contribution in [0.2, 0.25) is 0 Å². The molecule has 0 amide bonds. The van der Waals surface area contributed by atoms with Crippen LogP contribution in [0.3, 0.4) is 0 Å². The summed E-state index contributed by atoms with van der Waals surface area (Å²) >= 11 is 1.85. The summed E-state index contributed by atoms with van der Waals surface area (Å²) in [7, 11) is 0. The number of carbonyl (C=O) groups excluding carboxylic acids is 1. The quantitative estimate of drug-likeness (QED) is 0.744. The first-order chi connectivity index (χ1) is 8.16. The molecule has 1 aliphatic rings. The van der Waals surface area contributed by atoms with E-state index in [9.17, 15) is 4.79 Å². The molecule has 17 heavy (non-hydrogen) atoms. The van der Waals surface area contributed by atoms with E-state index in [-0.39, 0.29) is 0 Å². The fourth-order valence-corrected chi connectivity index (χ4v) is 3.66. The van der Waals surface area contributed by atoms with Crippen molar-refractivity contribution in [2.24, 2.45) is 0 Å². The summed E-state index contributed by atoms with van der Waals surface area (Å²) in [5.41, 5.74) is 3.24. The van der Waals surface area contributed by atoms with Gasteiger partial charge in [0.2, 0.25) is 0 Å². The molecule has 0 aromatic heterocycles. The maximum absolute atomic E-state index is 12.1. The average Bonchev–Trinajstić information content (AvgIpc) is 2.78. The molecule has 0 heterocycles. The largest absolute Gasteiger partial charge is 0.293 e. The number of aryl methyl sites for hydroxylation is 2. The second-order valence-corrected chi connectivity index (χ2v) is 6.25. The van der Waals surface area contributed by atoms with Gasteiger partial charge in [-0.2, -0.15) is 11.8 Å². The molecule has 0 atom stereocenters. The van der Waals surface area contributed by atoms with Gasteiger partial charge in [-0.15, -0.1) is 0 Å². The molecule has 2 rings (SSSR count). The Kier molecular flexibility index (Phi) is 4.27. The average molecular weight is 248 g/mol. The molecular weight excluding hydrogens is 228 g/mol. The van der Waals surface area contributed by atoms with Crippen LogP contribution in [0.15, 0.2) is 18.2 Å². The number of Topliss-reactive ketones (excluding diaryl/α,β-unsaturated/α-hetero) is 1. The SMILES string of the molecule is Cc1ccc(C(=O)CSC2CCCC2)c(C)c1. The Bertz CT molecular complexity index is 405. The van der Waals surface area contributed by atoms with Crippen molar-refractivity contribution >= 4 is 17.5 Å². The smallest absolute Gasteiger partial charge is 0.172 e. The van der Waals surface area contributed by atoms with Crippen LogP contribution in [0, 0.1) is 13.8 Å². The van der Waals surface area contributed by atoms with Gasteiger partial charge in [-0.25, -0.2) is 0 Å². The fourth-order valence-electron chi connectivity index (χ4n) is 2.45. The molecule has 0 saturated heterocycles. The van der Waals surface area contributed by atoms with Gasteiger partial charge in [-0.05, 0) is 32.3 Å². The Morgan fingerprint density at radius 1 is 1.29 bits per heavy atom. The van der Waals surface area contributed by atoms with Gasteiger partial charge in [0.05, 0.1) is 5.75 Å². The van der Waals surface area contributed by atoms with Crippen LogP contribution in [-0.4, -0.2) is 16.8 Å². The van der Waals surface area contributed by atoms with E-state index >= 15 is 0 Å². The van der Waals surface area contributed by atoms with Crippen molar-refractivity contribution in [3.63, 3.8) is 0 Å². The molecule has 92 valence electrons. The molecule has 1 saturated carbocycles. The third kappa shape index (κ3) is 3.35. The minimum atomic E-state index is 0.291. The van der Waals surface area contributed by atoms with Gasteiger partial charge in [0.1, 0.15) is 0 Å². The van der Waals surface area contributed by atoms with Gasteiger partial charge in [0.25, 0.3) is 0 Å². The minimum Gasteiger partial charge on any atom is -0.293 e.